The van der Waals surface area contributed by atoms with E-state index in [1.807, 2.05) is 13.8 Å². The molecule has 1 atom stereocenters. The maximum Gasteiger partial charge on any atom is 0.238 e. The first-order valence-electron chi connectivity index (χ1n) is 6.42. The summed E-state index contributed by atoms with van der Waals surface area (Å²) in [6.07, 6.45) is 0.727. The molecule has 0 aliphatic rings. The molecule has 0 saturated carbocycles. The number of nitrogens with zero attached hydrogens (tertiary/aromatic N) is 1. The van der Waals surface area contributed by atoms with Crippen LogP contribution in [0, 0.1) is 11.7 Å². The van der Waals surface area contributed by atoms with Gasteiger partial charge in [-0.3, -0.25) is 0 Å². The maximum atomic E-state index is 13.9. The number of rotatable bonds is 6. The van der Waals surface area contributed by atoms with E-state index in [2.05, 4.69) is 0 Å². The second-order valence-electron chi connectivity index (χ2n) is 5.28. The fourth-order valence-electron chi connectivity index (χ4n) is 1.77. The van der Waals surface area contributed by atoms with E-state index in [9.17, 15) is 12.8 Å². The Morgan fingerprint density at radius 3 is 2.40 bits per heavy atom. The predicted molar refractivity (Wildman–Crippen MR) is 78.5 cm³/mol. The van der Waals surface area contributed by atoms with E-state index in [1.165, 1.54) is 12.1 Å². The third-order valence-electron chi connectivity index (χ3n) is 3.31. The topological polar surface area (TPSA) is 89.4 Å². The lowest BCUT2D eigenvalue weighted by molar-refractivity contribution is 0.465. The van der Waals surface area contributed by atoms with Crippen molar-refractivity contribution in [2.75, 3.05) is 18.5 Å². The lowest BCUT2D eigenvalue weighted by atomic mass is 10.0. The third-order valence-corrected chi connectivity index (χ3v) is 4.22. The molecule has 7 heteroatoms. The Labute approximate surface area is 119 Å². The summed E-state index contributed by atoms with van der Waals surface area (Å²) >= 11 is 0. The second-order valence-corrected chi connectivity index (χ2v) is 6.84. The Morgan fingerprint density at radius 2 is 1.95 bits per heavy atom. The summed E-state index contributed by atoms with van der Waals surface area (Å²) in [5.41, 5.74) is 6.27. The molecule has 1 unspecified atom stereocenters. The van der Waals surface area contributed by atoms with Gasteiger partial charge in [0.15, 0.2) is 0 Å². The van der Waals surface area contributed by atoms with Crippen LogP contribution in [0.25, 0.3) is 0 Å². The molecule has 0 amide bonds. The first-order chi connectivity index (χ1) is 9.12. The zero-order chi connectivity index (χ0) is 15.5. The van der Waals surface area contributed by atoms with Crippen LogP contribution >= 0.6 is 0 Å². The zero-order valence-corrected chi connectivity index (χ0v) is 12.8. The van der Waals surface area contributed by atoms with Crippen LogP contribution < -0.4 is 15.8 Å². The third kappa shape index (κ3) is 4.43. The van der Waals surface area contributed by atoms with E-state index in [4.69, 9.17) is 10.9 Å². The van der Waals surface area contributed by atoms with Crippen LogP contribution in [-0.4, -0.2) is 28.1 Å². The molecule has 1 aromatic carbocycles. The molecule has 114 valence electrons. The van der Waals surface area contributed by atoms with Gasteiger partial charge in [0.25, 0.3) is 0 Å². The molecular weight excluding hydrogens is 281 g/mol. The van der Waals surface area contributed by atoms with Gasteiger partial charge >= 0.3 is 0 Å². The van der Waals surface area contributed by atoms with Gasteiger partial charge in [0.1, 0.15) is 5.82 Å². The normalized spacial score (nSPS) is 13.6. The van der Waals surface area contributed by atoms with Gasteiger partial charge in [-0.05, 0) is 30.5 Å². The first kappa shape index (κ1) is 16.9. The summed E-state index contributed by atoms with van der Waals surface area (Å²) in [5.74, 6) is -0.254. The van der Waals surface area contributed by atoms with Crippen LogP contribution in [0.2, 0.25) is 0 Å². The molecule has 1 rings (SSSR count). The molecule has 0 aromatic heterocycles. The van der Waals surface area contributed by atoms with E-state index < -0.39 is 15.8 Å². The molecule has 0 heterocycles. The minimum Gasteiger partial charge on any atom is -0.372 e. The molecule has 0 aliphatic carbocycles. The highest BCUT2D eigenvalue weighted by Gasteiger charge is 2.15. The number of hydrogen-bond donors (Lipinski definition) is 2. The number of benzene rings is 1. The molecular formula is C13H22FN3O2S. The van der Waals surface area contributed by atoms with Crippen molar-refractivity contribution in [1.29, 1.82) is 0 Å². The molecule has 5 nitrogen and oxygen atoms in total. The summed E-state index contributed by atoms with van der Waals surface area (Å²) in [6.45, 7) is 4.66. The van der Waals surface area contributed by atoms with E-state index in [-0.39, 0.29) is 10.9 Å². The number of nitrogens with two attached hydrogens (primary N) is 2. The highest BCUT2D eigenvalue weighted by molar-refractivity contribution is 7.89. The number of halogens is 1. The second kappa shape index (κ2) is 6.51. The number of sulfonamides is 1. The molecule has 0 fully saturated rings. The Hall–Kier alpha value is -1.18. The van der Waals surface area contributed by atoms with Crippen LogP contribution in [-0.2, 0) is 10.0 Å². The van der Waals surface area contributed by atoms with Crippen LogP contribution in [0.3, 0.4) is 0 Å². The van der Waals surface area contributed by atoms with Crippen LogP contribution in [0.4, 0.5) is 10.1 Å². The molecule has 4 N–H and O–H groups in total. The maximum absolute atomic E-state index is 13.9. The van der Waals surface area contributed by atoms with E-state index in [0.717, 1.165) is 12.5 Å². The molecule has 0 saturated heterocycles. The van der Waals surface area contributed by atoms with Crippen molar-refractivity contribution in [3.63, 3.8) is 0 Å². The highest BCUT2D eigenvalue weighted by Crippen LogP contribution is 2.21. The summed E-state index contributed by atoms with van der Waals surface area (Å²) in [4.78, 5) is 1.48. The number of anilines is 1. The molecule has 0 radical (unpaired) electrons. The average Bonchev–Trinajstić information content (AvgIpc) is 2.34. The number of primary sulfonamides is 1. The fourth-order valence-corrected chi connectivity index (χ4v) is 2.30. The van der Waals surface area contributed by atoms with Gasteiger partial charge < -0.3 is 10.6 Å². The summed E-state index contributed by atoms with van der Waals surface area (Å²) < 4.78 is 36.2. The SMILES string of the molecule is CC(C)C(N)CCN(C)c1ccc(S(N)(=O)=O)cc1F. The van der Waals surface area contributed by atoms with E-state index in [0.29, 0.717) is 18.2 Å². The van der Waals surface area contributed by atoms with Gasteiger partial charge in [-0.25, -0.2) is 17.9 Å². The van der Waals surface area contributed by atoms with E-state index in [1.54, 1.807) is 11.9 Å². The van der Waals surface area contributed by atoms with Gasteiger partial charge in [0.05, 0.1) is 10.6 Å². The Kier molecular flexibility index (Phi) is 5.50. The standard InChI is InChI=1S/C13H22FN3O2S/c1-9(2)12(15)6-7-17(3)13-5-4-10(8-11(13)14)20(16,18)19/h4-5,8-9,12H,6-7,15H2,1-3H3,(H2,16,18,19). The smallest absolute Gasteiger partial charge is 0.238 e. The average molecular weight is 303 g/mol. The lowest BCUT2D eigenvalue weighted by Gasteiger charge is -2.23. The van der Waals surface area contributed by atoms with Gasteiger partial charge in [0, 0.05) is 19.6 Å². The zero-order valence-electron chi connectivity index (χ0n) is 12.0. The van der Waals surface area contributed by atoms with Crippen molar-refractivity contribution in [2.24, 2.45) is 16.8 Å². The van der Waals surface area contributed by atoms with Crippen LogP contribution in [0.5, 0.6) is 0 Å². The first-order valence-corrected chi connectivity index (χ1v) is 7.96. The minimum absolute atomic E-state index is 0.0456. The Bertz CT molecular complexity index is 561. The Balaban J connectivity index is 2.82. The molecule has 1 aromatic rings. The molecule has 20 heavy (non-hydrogen) atoms. The fraction of sp³-hybridized carbons (Fsp3) is 0.538. The Morgan fingerprint density at radius 1 is 1.35 bits per heavy atom. The van der Waals surface area contributed by atoms with Gasteiger partial charge in [-0.1, -0.05) is 13.8 Å². The number of hydrogen-bond acceptors (Lipinski definition) is 4. The highest BCUT2D eigenvalue weighted by atomic mass is 32.2. The summed E-state index contributed by atoms with van der Waals surface area (Å²) in [7, 11) is -2.15. The molecule has 0 bridgehead atoms. The van der Waals surface area contributed by atoms with Crippen molar-refractivity contribution in [2.45, 2.75) is 31.2 Å². The minimum atomic E-state index is -3.88. The quantitative estimate of drug-likeness (QED) is 0.828. The summed E-state index contributed by atoms with van der Waals surface area (Å²) in [5, 5.41) is 4.96. The van der Waals surface area contributed by atoms with Gasteiger partial charge in [0.2, 0.25) is 10.0 Å². The lowest BCUT2D eigenvalue weighted by Crippen LogP contribution is -2.32. The van der Waals surface area contributed by atoms with Gasteiger partial charge in [-0.15, -0.1) is 0 Å². The van der Waals surface area contributed by atoms with Crippen LogP contribution in [0.1, 0.15) is 20.3 Å². The largest absolute Gasteiger partial charge is 0.372 e. The van der Waals surface area contributed by atoms with Crippen LogP contribution in [0.15, 0.2) is 23.1 Å². The van der Waals surface area contributed by atoms with E-state index >= 15 is 0 Å². The van der Waals surface area contributed by atoms with Crippen molar-refractivity contribution < 1.29 is 12.8 Å². The summed E-state index contributed by atoms with van der Waals surface area (Å²) in [6, 6.07) is 3.69. The monoisotopic (exact) mass is 303 g/mol. The van der Waals surface area contributed by atoms with Gasteiger partial charge in [-0.2, -0.15) is 0 Å². The predicted octanol–water partition coefficient (Wildman–Crippen LogP) is 1.28. The molecule has 0 spiro atoms. The molecule has 0 aliphatic heterocycles. The van der Waals surface area contributed by atoms with Crippen molar-refractivity contribution in [3.8, 4) is 0 Å². The van der Waals surface area contributed by atoms with Crippen molar-refractivity contribution >= 4 is 15.7 Å². The van der Waals surface area contributed by atoms with Crippen molar-refractivity contribution in [3.05, 3.63) is 24.0 Å². The van der Waals surface area contributed by atoms with Crippen molar-refractivity contribution in [1.82, 2.24) is 0 Å².